The minimum absolute atomic E-state index is 0.461. The van der Waals surface area contributed by atoms with Gasteiger partial charge in [0.05, 0.1) is 12.2 Å². The minimum atomic E-state index is 0.461. The van der Waals surface area contributed by atoms with Crippen molar-refractivity contribution in [3.8, 4) is 0 Å². The molecule has 0 aromatic heterocycles. The van der Waals surface area contributed by atoms with Crippen LogP contribution in [0.2, 0.25) is 0 Å². The molecule has 4 atom stereocenters. The molecule has 1 nitrogen and oxygen atoms in total. The van der Waals surface area contributed by atoms with E-state index in [0.29, 0.717) is 12.2 Å². The highest BCUT2D eigenvalue weighted by Gasteiger charge is 2.30. The van der Waals surface area contributed by atoms with Crippen molar-refractivity contribution >= 4 is 0 Å². The fourth-order valence-corrected chi connectivity index (χ4v) is 2.47. The van der Waals surface area contributed by atoms with Crippen LogP contribution in [0.4, 0.5) is 0 Å². The van der Waals surface area contributed by atoms with Gasteiger partial charge in [-0.15, -0.1) is 0 Å². The Labute approximate surface area is 82.9 Å². The van der Waals surface area contributed by atoms with Crippen LogP contribution in [0.5, 0.6) is 0 Å². The average Bonchev–Trinajstić information content (AvgIpc) is 2.30. The molecule has 0 amide bonds. The van der Waals surface area contributed by atoms with E-state index in [-0.39, 0.29) is 0 Å². The zero-order valence-corrected chi connectivity index (χ0v) is 9.55. The second-order valence-electron chi connectivity index (χ2n) is 4.83. The van der Waals surface area contributed by atoms with Gasteiger partial charge in [0.1, 0.15) is 0 Å². The van der Waals surface area contributed by atoms with E-state index >= 15 is 0 Å². The lowest BCUT2D eigenvalue weighted by Crippen LogP contribution is -2.21. The van der Waals surface area contributed by atoms with Gasteiger partial charge in [-0.2, -0.15) is 0 Å². The summed E-state index contributed by atoms with van der Waals surface area (Å²) in [6.07, 6.45) is 6.06. The van der Waals surface area contributed by atoms with Crippen LogP contribution in [0.15, 0.2) is 0 Å². The molecule has 0 radical (unpaired) electrons. The Morgan fingerprint density at radius 3 is 2.46 bits per heavy atom. The molecule has 0 aromatic rings. The van der Waals surface area contributed by atoms with Crippen molar-refractivity contribution in [1.29, 1.82) is 0 Å². The molecule has 13 heavy (non-hydrogen) atoms. The zero-order chi connectivity index (χ0) is 9.84. The smallest absolute Gasteiger partial charge is 0.0606 e. The summed E-state index contributed by atoms with van der Waals surface area (Å²) in [4.78, 5) is 0. The quantitative estimate of drug-likeness (QED) is 0.648. The summed E-state index contributed by atoms with van der Waals surface area (Å²) in [6.45, 7) is 9.09. The van der Waals surface area contributed by atoms with Gasteiger partial charge in [-0.05, 0) is 38.0 Å². The van der Waals surface area contributed by atoms with Crippen LogP contribution < -0.4 is 0 Å². The Hall–Kier alpha value is -0.0400. The maximum absolute atomic E-state index is 6.03. The highest BCUT2D eigenvalue weighted by atomic mass is 16.5. The maximum atomic E-state index is 6.03. The monoisotopic (exact) mass is 184 g/mol. The number of rotatable bonds is 4. The molecule has 0 aromatic carbocycles. The van der Waals surface area contributed by atoms with Gasteiger partial charge in [-0.25, -0.2) is 0 Å². The highest BCUT2D eigenvalue weighted by Crippen LogP contribution is 2.33. The van der Waals surface area contributed by atoms with Gasteiger partial charge in [0.25, 0.3) is 0 Å². The van der Waals surface area contributed by atoms with Crippen molar-refractivity contribution in [1.82, 2.24) is 0 Å². The minimum Gasteiger partial charge on any atom is -0.375 e. The Bertz CT molecular complexity index is 144. The van der Waals surface area contributed by atoms with Crippen molar-refractivity contribution in [3.63, 3.8) is 0 Å². The number of ether oxygens (including phenoxy) is 1. The van der Waals surface area contributed by atoms with Crippen molar-refractivity contribution < 1.29 is 4.74 Å². The van der Waals surface area contributed by atoms with E-state index in [4.69, 9.17) is 4.74 Å². The first-order valence-electron chi connectivity index (χ1n) is 5.79. The Morgan fingerprint density at radius 1 is 1.31 bits per heavy atom. The molecular formula is C12H24O. The van der Waals surface area contributed by atoms with Crippen molar-refractivity contribution in [2.24, 2.45) is 11.8 Å². The summed E-state index contributed by atoms with van der Waals surface area (Å²) in [5.41, 5.74) is 0. The molecule has 0 heterocycles. The van der Waals surface area contributed by atoms with Crippen molar-refractivity contribution in [2.45, 2.75) is 65.6 Å². The average molecular weight is 184 g/mol. The molecule has 0 N–H and O–H groups in total. The first-order valence-corrected chi connectivity index (χ1v) is 5.79. The molecule has 1 aliphatic rings. The van der Waals surface area contributed by atoms with E-state index in [1.165, 1.54) is 25.7 Å². The molecular weight excluding hydrogens is 160 g/mol. The standard InChI is InChI=1S/C12H24O/c1-5-6-11(4)13-12-8-9(2)7-10(12)3/h9-12H,5-8H2,1-4H3. The normalized spacial score (nSPS) is 36.5. The van der Waals surface area contributed by atoms with Gasteiger partial charge in [-0.1, -0.05) is 27.2 Å². The van der Waals surface area contributed by atoms with Crippen LogP contribution >= 0.6 is 0 Å². The van der Waals surface area contributed by atoms with Crippen LogP contribution in [-0.4, -0.2) is 12.2 Å². The van der Waals surface area contributed by atoms with Crippen LogP contribution in [0.1, 0.15) is 53.4 Å². The summed E-state index contributed by atoms with van der Waals surface area (Å²) < 4.78 is 6.03. The van der Waals surface area contributed by atoms with Crippen LogP contribution in [0, 0.1) is 11.8 Å². The molecule has 78 valence electrons. The van der Waals surface area contributed by atoms with Gasteiger partial charge in [0.15, 0.2) is 0 Å². The van der Waals surface area contributed by atoms with E-state index in [0.717, 1.165) is 11.8 Å². The summed E-state index contributed by atoms with van der Waals surface area (Å²) >= 11 is 0. The van der Waals surface area contributed by atoms with E-state index < -0.39 is 0 Å². The first kappa shape index (κ1) is 11.0. The lowest BCUT2D eigenvalue weighted by Gasteiger charge is -2.21. The molecule has 0 spiro atoms. The summed E-state index contributed by atoms with van der Waals surface area (Å²) in [7, 11) is 0. The lowest BCUT2D eigenvalue weighted by atomic mass is 10.1. The van der Waals surface area contributed by atoms with Crippen molar-refractivity contribution in [2.75, 3.05) is 0 Å². The van der Waals surface area contributed by atoms with Gasteiger partial charge >= 0.3 is 0 Å². The maximum Gasteiger partial charge on any atom is 0.0606 e. The van der Waals surface area contributed by atoms with Crippen molar-refractivity contribution in [3.05, 3.63) is 0 Å². The summed E-state index contributed by atoms with van der Waals surface area (Å²) in [5, 5.41) is 0. The topological polar surface area (TPSA) is 9.23 Å². The molecule has 0 saturated heterocycles. The van der Waals surface area contributed by atoms with E-state index in [2.05, 4.69) is 27.7 Å². The first-order chi connectivity index (χ1) is 6.13. The molecule has 1 rings (SSSR count). The van der Waals surface area contributed by atoms with E-state index in [9.17, 15) is 0 Å². The largest absolute Gasteiger partial charge is 0.375 e. The van der Waals surface area contributed by atoms with Gasteiger partial charge in [0.2, 0.25) is 0 Å². The third-order valence-corrected chi connectivity index (χ3v) is 3.15. The summed E-state index contributed by atoms with van der Waals surface area (Å²) in [6, 6.07) is 0. The summed E-state index contributed by atoms with van der Waals surface area (Å²) in [5.74, 6) is 1.64. The van der Waals surface area contributed by atoms with Crippen LogP contribution in [0.3, 0.4) is 0 Å². The second-order valence-corrected chi connectivity index (χ2v) is 4.83. The van der Waals surface area contributed by atoms with Crippen LogP contribution in [-0.2, 0) is 4.74 Å². The van der Waals surface area contributed by atoms with E-state index in [1.807, 2.05) is 0 Å². The highest BCUT2D eigenvalue weighted by molar-refractivity contribution is 4.80. The lowest BCUT2D eigenvalue weighted by molar-refractivity contribution is -0.0231. The number of hydrogen-bond donors (Lipinski definition) is 0. The third-order valence-electron chi connectivity index (χ3n) is 3.15. The SMILES string of the molecule is CCCC(C)OC1CC(C)CC1C. The zero-order valence-electron chi connectivity index (χ0n) is 9.55. The van der Waals surface area contributed by atoms with Gasteiger partial charge < -0.3 is 4.74 Å². The van der Waals surface area contributed by atoms with Gasteiger partial charge in [0, 0.05) is 0 Å². The fourth-order valence-electron chi connectivity index (χ4n) is 2.47. The molecule has 4 unspecified atom stereocenters. The van der Waals surface area contributed by atoms with Crippen LogP contribution in [0.25, 0.3) is 0 Å². The Balaban J connectivity index is 2.28. The molecule has 1 heteroatoms. The second kappa shape index (κ2) is 4.99. The molecule has 1 saturated carbocycles. The van der Waals surface area contributed by atoms with Gasteiger partial charge in [-0.3, -0.25) is 0 Å². The van der Waals surface area contributed by atoms with E-state index in [1.54, 1.807) is 0 Å². The predicted octanol–water partition coefficient (Wildman–Crippen LogP) is 3.63. The Morgan fingerprint density at radius 2 is 2.00 bits per heavy atom. The third kappa shape index (κ3) is 3.30. The number of hydrogen-bond acceptors (Lipinski definition) is 1. The molecule has 0 bridgehead atoms. The molecule has 0 aliphatic heterocycles. The molecule has 1 fully saturated rings. The molecule has 1 aliphatic carbocycles. The fraction of sp³-hybridized carbons (Fsp3) is 1.00. The predicted molar refractivity (Wildman–Crippen MR) is 56.8 cm³/mol. The Kier molecular flexibility index (Phi) is 4.24.